The second kappa shape index (κ2) is 10.3. The van der Waals surface area contributed by atoms with Gasteiger partial charge in [0.15, 0.2) is 0 Å². The number of fused-ring (bicyclic) bond motifs is 5. The van der Waals surface area contributed by atoms with Gasteiger partial charge in [0.1, 0.15) is 0 Å². The molecule has 189 valence electrons. The zero-order chi connectivity index (χ0) is 26.1. The van der Waals surface area contributed by atoms with Crippen molar-refractivity contribution in [3.8, 4) is 0 Å². The predicted octanol–water partition coefficient (Wildman–Crippen LogP) is 2.38. The summed E-state index contributed by atoms with van der Waals surface area (Å²) in [4.78, 5) is 22.7. The molecule has 0 spiro atoms. The van der Waals surface area contributed by atoms with E-state index in [0.29, 0.717) is 0 Å². The van der Waals surface area contributed by atoms with E-state index in [0.717, 1.165) is 0 Å². The average molecular weight is 611 g/mol. The number of nitrogens with zero attached hydrogens (tertiary/aromatic N) is 1. The maximum atomic E-state index is 11.3. The molecule has 2 saturated heterocycles. The Hall–Kier alpha value is -3.50. The molecule has 6 heteroatoms. The van der Waals surface area contributed by atoms with Crippen LogP contribution in [0.15, 0.2) is 133 Å². The first-order chi connectivity index (χ1) is 18.6. The predicted molar refractivity (Wildman–Crippen MR) is 148 cm³/mol. The van der Waals surface area contributed by atoms with Crippen molar-refractivity contribution in [2.75, 3.05) is 0 Å². The third-order valence-corrected chi connectivity index (χ3v) is 19.7. The third-order valence-electron chi connectivity index (χ3n) is 7.46. The molecule has 0 aliphatic carbocycles. The van der Waals surface area contributed by atoms with Crippen molar-refractivity contribution in [1.82, 2.24) is 5.06 Å². The SMILES string of the molecule is O=C1C2C(C(=O)N1O)[C@H]1C=C[C@@H]2O1.c1cc[c]([Sb]([c]2ccccc2)([c]2ccccc2)[c]2ccccc2)cc1. The Kier molecular flexibility index (Phi) is 6.75. The molecule has 2 fully saturated rings. The molecule has 38 heavy (non-hydrogen) atoms. The van der Waals surface area contributed by atoms with Gasteiger partial charge >= 0.3 is 154 Å². The van der Waals surface area contributed by atoms with E-state index in [1.54, 1.807) is 12.2 Å². The van der Waals surface area contributed by atoms with Crippen LogP contribution >= 0.6 is 0 Å². The fraction of sp³-hybridized carbons (Fsp3) is 0.125. The van der Waals surface area contributed by atoms with Crippen LogP contribution in [0.2, 0.25) is 0 Å². The van der Waals surface area contributed by atoms with Crippen molar-refractivity contribution in [3.05, 3.63) is 133 Å². The van der Waals surface area contributed by atoms with Crippen molar-refractivity contribution in [3.63, 3.8) is 0 Å². The number of amides is 2. The van der Waals surface area contributed by atoms with Crippen molar-refractivity contribution < 1.29 is 19.5 Å². The molecule has 2 amide bonds. The molecule has 7 rings (SSSR count). The number of carbonyl (C=O) groups excluding carboxylic acids is 2. The third kappa shape index (κ3) is 4.03. The van der Waals surface area contributed by atoms with E-state index < -0.39 is 42.5 Å². The Labute approximate surface area is 226 Å². The van der Waals surface area contributed by atoms with Crippen LogP contribution in [0.5, 0.6) is 0 Å². The number of hydrogen-bond donors (Lipinski definition) is 1. The summed E-state index contributed by atoms with van der Waals surface area (Å²) in [6.45, 7) is 0. The van der Waals surface area contributed by atoms with Gasteiger partial charge in [0.2, 0.25) is 0 Å². The van der Waals surface area contributed by atoms with Crippen LogP contribution in [0.25, 0.3) is 0 Å². The molecule has 1 N–H and O–H groups in total. The second-order valence-electron chi connectivity index (χ2n) is 9.50. The monoisotopic (exact) mass is 610 g/mol. The van der Waals surface area contributed by atoms with E-state index in [4.69, 9.17) is 9.94 Å². The Bertz CT molecular complexity index is 1270. The fourth-order valence-corrected chi connectivity index (χ4v) is 18.0. The zero-order valence-electron chi connectivity index (χ0n) is 20.6. The van der Waals surface area contributed by atoms with Crippen molar-refractivity contribution in [2.24, 2.45) is 11.8 Å². The molecule has 2 unspecified atom stereocenters. The van der Waals surface area contributed by atoms with Crippen LogP contribution in [0, 0.1) is 11.8 Å². The minimum absolute atomic E-state index is 0.227. The number of carbonyl (C=O) groups is 2. The number of ether oxygens (including phenoxy) is 1. The van der Waals surface area contributed by atoms with Gasteiger partial charge in [0, 0.05) is 0 Å². The molecule has 0 aromatic heterocycles. The summed E-state index contributed by atoms with van der Waals surface area (Å²) in [6.07, 6.45) is 2.92. The first-order valence-corrected chi connectivity index (χ1v) is 17.7. The van der Waals surface area contributed by atoms with Gasteiger partial charge < -0.3 is 4.74 Å². The van der Waals surface area contributed by atoms with Crippen LogP contribution in [0.1, 0.15) is 0 Å². The standard InChI is InChI=1S/C8H7NO4.4C6H5.Sb/c10-7-5-3-1-2-4(13-3)6(5)8(11)9(7)12;4*1-2-4-6-5-3-1;/h1-6,12H;4*1-5H;/t3-,4+,5?,6?;;;;;. The van der Waals surface area contributed by atoms with E-state index in [9.17, 15) is 9.59 Å². The number of benzene rings is 4. The van der Waals surface area contributed by atoms with E-state index in [1.807, 2.05) is 0 Å². The second-order valence-corrected chi connectivity index (χ2v) is 19.2. The van der Waals surface area contributed by atoms with E-state index in [1.165, 1.54) is 14.0 Å². The fourth-order valence-electron chi connectivity index (χ4n) is 5.79. The van der Waals surface area contributed by atoms with Crippen LogP contribution in [0.3, 0.4) is 0 Å². The molecule has 3 aliphatic heterocycles. The Morgan fingerprint density at radius 3 is 1.11 bits per heavy atom. The number of imide groups is 1. The molecule has 4 atom stereocenters. The number of rotatable bonds is 4. The molecule has 3 heterocycles. The molecule has 0 saturated carbocycles. The van der Waals surface area contributed by atoms with Crippen LogP contribution in [-0.2, 0) is 14.3 Å². The summed E-state index contributed by atoms with van der Waals surface area (Å²) >= 11 is -3.17. The molecule has 2 bridgehead atoms. The summed E-state index contributed by atoms with van der Waals surface area (Å²) in [5.41, 5.74) is 0. The van der Waals surface area contributed by atoms with E-state index in [-0.39, 0.29) is 17.3 Å². The Morgan fingerprint density at radius 1 is 0.526 bits per heavy atom. The first kappa shape index (κ1) is 24.8. The summed E-state index contributed by atoms with van der Waals surface area (Å²) in [7, 11) is 0. The van der Waals surface area contributed by atoms with Crippen LogP contribution < -0.4 is 14.0 Å². The topological polar surface area (TPSA) is 66.8 Å². The average Bonchev–Trinajstić information content (AvgIpc) is 3.67. The normalized spacial score (nSPS) is 23.2. The number of hydrogen-bond acceptors (Lipinski definition) is 4. The van der Waals surface area contributed by atoms with Crippen molar-refractivity contribution in [1.29, 1.82) is 0 Å². The summed E-state index contributed by atoms with van der Waals surface area (Å²) in [5.74, 6) is -2.06. The van der Waals surface area contributed by atoms with E-state index >= 15 is 0 Å². The molecule has 4 aromatic rings. The van der Waals surface area contributed by atoms with Crippen molar-refractivity contribution >= 4 is 44.7 Å². The van der Waals surface area contributed by atoms with Gasteiger partial charge in [0.25, 0.3) is 11.8 Å². The minimum atomic E-state index is -3.17. The summed E-state index contributed by atoms with van der Waals surface area (Å²) in [5, 5.41) is 9.31. The summed E-state index contributed by atoms with van der Waals surface area (Å²) in [6, 6.07) is 44.4. The molecular formula is C32H27NO4Sb. The van der Waals surface area contributed by atoms with Gasteiger partial charge in [-0.2, -0.15) is 5.06 Å². The first-order valence-electron chi connectivity index (χ1n) is 12.6. The number of hydroxylamine groups is 2. The summed E-state index contributed by atoms with van der Waals surface area (Å²) < 4.78 is 11.2. The molecular weight excluding hydrogens is 584 g/mol. The van der Waals surface area contributed by atoms with Gasteiger partial charge in [0.05, 0.1) is 24.0 Å². The van der Waals surface area contributed by atoms with Crippen LogP contribution in [-0.4, -0.2) is 53.1 Å². The van der Waals surface area contributed by atoms with Gasteiger partial charge in [-0.1, -0.05) is 12.2 Å². The van der Waals surface area contributed by atoms with Gasteiger partial charge in [-0.15, -0.1) is 0 Å². The zero-order valence-corrected chi connectivity index (χ0v) is 23.1. The van der Waals surface area contributed by atoms with Gasteiger partial charge in [-0.3, -0.25) is 14.8 Å². The Balaban J connectivity index is 0.000000169. The van der Waals surface area contributed by atoms with Gasteiger partial charge in [-0.25, -0.2) is 0 Å². The van der Waals surface area contributed by atoms with Crippen LogP contribution in [0.4, 0.5) is 0 Å². The molecule has 3 aliphatic rings. The molecule has 4 aromatic carbocycles. The van der Waals surface area contributed by atoms with Gasteiger partial charge in [-0.05, 0) is 0 Å². The van der Waals surface area contributed by atoms with E-state index in [2.05, 4.69) is 121 Å². The quantitative estimate of drug-likeness (QED) is 0.167. The molecule has 1 radical (unpaired) electrons. The molecule has 5 nitrogen and oxygen atoms in total. The Morgan fingerprint density at radius 2 is 0.816 bits per heavy atom. The maximum absolute atomic E-state index is 11.3. The van der Waals surface area contributed by atoms with Crippen molar-refractivity contribution in [2.45, 2.75) is 12.2 Å².